The second-order valence-corrected chi connectivity index (χ2v) is 6.81. The van der Waals surface area contributed by atoms with E-state index < -0.39 is 12.1 Å². The van der Waals surface area contributed by atoms with Gasteiger partial charge in [0.15, 0.2) is 0 Å². The van der Waals surface area contributed by atoms with Crippen LogP contribution in [-0.4, -0.2) is 64.9 Å². The topological polar surface area (TPSA) is 89.9 Å². The largest absolute Gasteiger partial charge is 0.490 e. The molecule has 1 spiro atoms. The van der Waals surface area contributed by atoms with Gasteiger partial charge in [0.25, 0.3) is 0 Å². The lowest BCUT2D eigenvalue weighted by atomic mass is 9.82. The number of benzene rings is 1. The number of likely N-dealkylation sites (tertiary alicyclic amines) is 1. The number of halogens is 3. The zero-order valence-electron chi connectivity index (χ0n) is 14.7. The number of carbonyl (C=O) groups is 2. The van der Waals surface area contributed by atoms with Crippen LogP contribution in [0, 0.1) is 0 Å². The van der Waals surface area contributed by atoms with Crippen molar-refractivity contribution in [2.24, 2.45) is 0 Å². The lowest BCUT2D eigenvalue weighted by Crippen LogP contribution is -2.51. The lowest BCUT2D eigenvalue weighted by molar-refractivity contribution is -0.192. The van der Waals surface area contributed by atoms with Crippen LogP contribution >= 0.6 is 0 Å². The molecule has 1 unspecified atom stereocenters. The monoisotopic (exact) mass is 388 g/mol. The smallest absolute Gasteiger partial charge is 0.475 e. The highest BCUT2D eigenvalue weighted by atomic mass is 19.4. The first-order valence-corrected chi connectivity index (χ1v) is 8.67. The van der Waals surface area contributed by atoms with E-state index in [-0.39, 0.29) is 24.0 Å². The molecule has 2 heterocycles. The van der Waals surface area contributed by atoms with Crippen LogP contribution in [0.3, 0.4) is 0 Å². The first-order chi connectivity index (χ1) is 12.7. The molecule has 1 amide bonds. The lowest BCUT2D eigenvalue weighted by Gasteiger charge is -2.39. The van der Waals surface area contributed by atoms with Crippen LogP contribution in [-0.2, 0) is 9.59 Å². The summed E-state index contributed by atoms with van der Waals surface area (Å²) < 4.78 is 31.7. The Morgan fingerprint density at radius 1 is 1.22 bits per heavy atom. The molecule has 3 rings (SSSR count). The molecule has 6 nitrogen and oxygen atoms in total. The molecule has 1 aromatic rings. The van der Waals surface area contributed by atoms with E-state index in [9.17, 15) is 18.0 Å². The van der Waals surface area contributed by atoms with Gasteiger partial charge >= 0.3 is 12.1 Å². The molecule has 0 aromatic heterocycles. The summed E-state index contributed by atoms with van der Waals surface area (Å²) >= 11 is 0. The van der Waals surface area contributed by atoms with E-state index in [1.807, 2.05) is 30.3 Å². The molecule has 0 aliphatic carbocycles. The zero-order chi connectivity index (χ0) is 20.1. The van der Waals surface area contributed by atoms with Crippen LogP contribution in [0.2, 0.25) is 0 Å². The Labute approximate surface area is 155 Å². The summed E-state index contributed by atoms with van der Waals surface area (Å²) in [4.78, 5) is 23.5. The molecule has 0 radical (unpaired) electrons. The van der Waals surface area contributed by atoms with E-state index in [1.54, 1.807) is 0 Å². The van der Waals surface area contributed by atoms with Crippen molar-refractivity contribution in [3.8, 4) is 0 Å². The van der Waals surface area contributed by atoms with Gasteiger partial charge in [0.05, 0.1) is 12.5 Å². The van der Waals surface area contributed by atoms with Crippen molar-refractivity contribution in [2.75, 3.05) is 26.2 Å². The van der Waals surface area contributed by atoms with Crippen molar-refractivity contribution in [1.82, 2.24) is 10.2 Å². The van der Waals surface area contributed by atoms with Crippen LogP contribution in [0.25, 0.3) is 0 Å². The number of hydrogen-bond acceptors (Lipinski definition) is 4. The first-order valence-electron chi connectivity index (χ1n) is 8.67. The zero-order valence-corrected chi connectivity index (χ0v) is 14.7. The summed E-state index contributed by atoms with van der Waals surface area (Å²) in [5.41, 5.74) is 1.10. The Bertz CT molecular complexity index is 644. The minimum absolute atomic E-state index is 0.000548. The quantitative estimate of drug-likeness (QED) is 0.734. The first kappa shape index (κ1) is 21.2. The summed E-state index contributed by atoms with van der Waals surface area (Å²) in [6.45, 7) is 2.88. The molecule has 2 aliphatic rings. The number of piperidine rings is 1. The number of nitrogens with zero attached hydrogens (tertiary/aromatic N) is 1. The number of carboxylic acids is 1. The van der Waals surface area contributed by atoms with Gasteiger partial charge in [-0.1, -0.05) is 30.3 Å². The third-order valence-electron chi connectivity index (χ3n) is 4.97. The van der Waals surface area contributed by atoms with Gasteiger partial charge in [0.1, 0.15) is 0 Å². The fourth-order valence-electron chi connectivity index (χ4n) is 3.51. The summed E-state index contributed by atoms with van der Waals surface area (Å²) in [7, 11) is 0. The van der Waals surface area contributed by atoms with Crippen molar-refractivity contribution < 1.29 is 33.0 Å². The van der Waals surface area contributed by atoms with E-state index in [4.69, 9.17) is 15.0 Å². The van der Waals surface area contributed by atoms with E-state index >= 15 is 0 Å². The van der Waals surface area contributed by atoms with Gasteiger partial charge in [-0.3, -0.25) is 4.79 Å². The molecule has 1 atom stereocenters. The second-order valence-electron chi connectivity index (χ2n) is 6.81. The number of aliphatic hydroxyl groups is 1. The standard InChI is InChI=1S/C16H22N2O2.C2HF3O2/c19-11-10-18-8-6-16(7-9-18)12-14(15(20)17-16)13-4-2-1-3-5-13;3-2(4,5)1(6)7/h1-5,14,19H,6-12H2,(H,17,20);(H,6,7). The van der Waals surface area contributed by atoms with Gasteiger partial charge in [-0.2, -0.15) is 13.2 Å². The Morgan fingerprint density at radius 3 is 2.26 bits per heavy atom. The third kappa shape index (κ3) is 5.67. The Balaban J connectivity index is 0.000000321. The second kappa shape index (κ2) is 8.71. The van der Waals surface area contributed by atoms with E-state index in [0.717, 1.165) is 44.5 Å². The Kier molecular flexibility index (Phi) is 6.83. The van der Waals surface area contributed by atoms with Gasteiger partial charge in [0.2, 0.25) is 5.91 Å². The minimum atomic E-state index is -5.08. The normalized spacial score (nSPS) is 22.1. The highest BCUT2D eigenvalue weighted by Gasteiger charge is 2.45. The number of amides is 1. The molecule has 3 N–H and O–H groups in total. The third-order valence-corrected chi connectivity index (χ3v) is 4.97. The van der Waals surface area contributed by atoms with Crippen LogP contribution in [0.5, 0.6) is 0 Å². The van der Waals surface area contributed by atoms with Crippen molar-refractivity contribution in [3.63, 3.8) is 0 Å². The van der Waals surface area contributed by atoms with E-state index in [1.165, 1.54) is 0 Å². The van der Waals surface area contributed by atoms with E-state index in [0.29, 0.717) is 0 Å². The number of carboxylic acid groups (broad SMARTS) is 1. The van der Waals surface area contributed by atoms with Crippen LogP contribution < -0.4 is 5.32 Å². The molecule has 2 fully saturated rings. The summed E-state index contributed by atoms with van der Waals surface area (Å²) in [5, 5.41) is 19.4. The number of rotatable bonds is 3. The fraction of sp³-hybridized carbons (Fsp3) is 0.556. The number of nitrogens with one attached hydrogen (secondary N) is 1. The Hall–Kier alpha value is -2.13. The van der Waals surface area contributed by atoms with Gasteiger partial charge in [-0.15, -0.1) is 0 Å². The highest BCUT2D eigenvalue weighted by molar-refractivity contribution is 5.87. The van der Waals surface area contributed by atoms with Gasteiger partial charge in [0, 0.05) is 25.2 Å². The molecule has 0 bridgehead atoms. The molecule has 0 saturated carbocycles. The molecule has 1 aromatic carbocycles. The average molecular weight is 388 g/mol. The SMILES string of the molecule is O=C(O)C(F)(F)F.O=C1NC2(CCN(CCO)CC2)CC1c1ccccc1. The molecule has 9 heteroatoms. The van der Waals surface area contributed by atoms with Gasteiger partial charge in [-0.25, -0.2) is 4.79 Å². The molecule has 27 heavy (non-hydrogen) atoms. The number of β-amino-alcohol motifs (C(OH)–C–C–N with tert-alkyl or cyclic N) is 1. The number of aliphatic hydroxyl groups excluding tert-OH is 1. The van der Waals surface area contributed by atoms with Crippen molar-refractivity contribution in [3.05, 3.63) is 35.9 Å². The van der Waals surface area contributed by atoms with E-state index in [2.05, 4.69) is 10.2 Å². The van der Waals surface area contributed by atoms with Crippen molar-refractivity contribution in [2.45, 2.75) is 36.9 Å². The number of hydrogen-bond donors (Lipinski definition) is 3. The van der Waals surface area contributed by atoms with Crippen LogP contribution in [0.4, 0.5) is 13.2 Å². The molecule has 2 saturated heterocycles. The van der Waals surface area contributed by atoms with Gasteiger partial charge in [-0.05, 0) is 24.8 Å². The number of carbonyl (C=O) groups excluding carboxylic acids is 1. The van der Waals surface area contributed by atoms with Crippen molar-refractivity contribution in [1.29, 1.82) is 0 Å². The summed E-state index contributed by atoms with van der Waals surface area (Å²) in [5.74, 6) is -2.58. The Morgan fingerprint density at radius 2 is 1.78 bits per heavy atom. The maximum absolute atomic E-state index is 12.3. The molecular weight excluding hydrogens is 365 g/mol. The van der Waals surface area contributed by atoms with Crippen LogP contribution in [0.1, 0.15) is 30.7 Å². The molecular formula is C18H23F3N2O4. The fourth-order valence-corrected chi connectivity index (χ4v) is 3.51. The summed E-state index contributed by atoms with van der Waals surface area (Å²) in [6.07, 6.45) is -2.20. The molecule has 2 aliphatic heterocycles. The number of aliphatic carboxylic acids is 1. The van der Waals surface area contributed by atoms with Crippen molar-refractivity contribution >= 4 is 11.9 Å². The van der Waals surface area contributed by atoms with Crippen LogP contribution in [0.15, 0.2) is 30.3 Å². The number of alkyl halides is 3. The maximum atomic E-state index is 12.3. The maximum Gasteiger partial charge on any atom is 0.490 e. The van der Waals surface area contributed by atoms with Gasteiger partial charge < -0.3 is 20.4 Å². The average Bonchev–Trinajstić information content (AvgIpc) is 2.94. The summed E-state index contributed by atoms with van der Waals surface area (Å²) in [6, 6.07) is 10.1. The minimum Gasteiger partial charge on any atom is -0.475 e. The predicted molar refractivity (Wildman–Crippen MR) is 91.1 cm³/mol. The highest BCUT2D eigenvalue weighted by Crippen LogP contribution is 2.39. The predicted octanol–water partition coefficient (Wildman–Crippen LogP) is 1.75. The molecule has 150 valence electrons.